The van der Waals surface area contributed by atoms with Crippen LogP contribution in [0.1, 0.15) is 29.6 Å². The van der Waals surface area contributed by atoms with Gasteiger partial charge >= 0.3 is 0 Å². The van der Waals surface area contributed by atoms with Gasteiger partial charge in [-0.15, -0.1) is 10.2 Å². The number of hydrogen-bond acceptors (Lipinski definition) is 6. The number of carbonyl (C=O) groups excluding carboxylic acids is 1. The summed E-state index contributed by atoms with van der Waals surface area (Å²) < 4.78 is 31.9. The van der Waals surface area contributed by atoms with Crippen LogP contribution in [0.5, 0.6) is 0 Å². The Bertz CT molecular complexity index is 1230. The van der Waals surface area contributed by atoms with E-state index in [-0.39, 0.29) is 39.7 Å². The van der Waals surface area contributed by atoms with Gasteiger partial charge in [-0.1, -0.05) is 42.3 Å². The SMILES string of the molecule is CCCN(Cc1nnc(-c2ccccc2Cl)o1)C(=O)c1ccc(Cl)c(S(=O)(=O)N(C)C)c1. The summed E-state index contributed by atoms with van der Waals surface area (Å²) in [6.07, 6.45) is 0.674. The fourth-order valence-corrected chi connectivity index (χ4v) is 4.57. The van der Waals surface area contributed by atoms with Gasteiger partial charge in [-0.25, -0.2) is 12.7 Å². The van der Waals surface area contributed by atoms with Crippen molar-refractivity contribution in [3.63, 3.8) is 0 Å². The zero-order valence-electron chi connectivity index (χ0n) is 17.7. The van der Waals surface area contributed by atoms with E-state index >= 15 is 0 Å². The van der Waals surface area contributed by atoms with Crippen molar-refractivity contribution in [2.75, 3.05) is 20.6 Å². The first-order valence-electron chi connectivity index (χ1n) is 9.73. The number of aromatic nitrogens is 2. The lowest BCUT2D eigenvalue weighted by atomic mass is 10.2. The summed E-state index contributed by atoms with van der Waals surface area (Å²) in [5.41, 5.74) is 0.784. The lowest BCUT2D eigenvalue weighted by Gasteiger charge is -2.21. The third-order valence-corrected chi connectivity index (χ3v) is 7.24. The van der Waals surface area contributed by atoms with Crippen molar-refractivity contribution >= 4 is 39.1 Å². The van der Waals surface area contributed by atoms with Gasteiger partial charge in [0.1, 0.15) is 4.90 Å². The molecule has 0 saturated heterocycles. The average Bonchev–Trinajstić information content (AvgIpc) is 3.21. The normalized spacial score (nSPS) is 11.7. The van der Waals surface area contributed by atoms with Gasteiger partial charge < -0.3 is 9.32 Å². The summed E-state index contributed by atoms with van der Waals surface area (Å²) in [5.74, 6) is 0.105. The largest absolute Gasteiger partial charge is 0.419 e. The molecule has 0 saturated carbocycles. The van der Waals surface area contributed by atoms with Crippen LogP contribution in [0.2, 0.25) is 10.0 Å². The molecule has 11 heteroatoms. The van der Waals surface area contributed by atoms with Gasteiger partial charge in [0.05, 0.1) is 22.2 Å². The standard InChI is InChI=1S/C21H22Cl2N4O4S/c1-4-11-27(13-19-24-25-20(31-19)15-7-5-6-8-16(15)22)21(28)14-9-10-17(23)18(12-14)32(29,30)26(2)3/h5-10,12H,4,11,13H2,1-3H3. The second-order valence-electron chi connectivity index (χ2n) is 7.14. The molecule has 170 valence electrons. The molecule has 8 nitrogen and oxygen atoms in total. The van der Waals surface area contributed by atoms with E-state index in [2.05, 4.69) is 10.2 Å². The second kappa shape index (κ2) is 9.99. The first-order chi connectivity index (χ1) is 15.1. The topological polar surface area (TPSA) is 96.6 Å². The fourth-order valence-electron chi connectivity index (χ4n) is 2.96. The molecule has 1 amide bonds. The van der Waals surface area contributed by atoms with E-state index in [4.69, 9.17) is 27.6 Å². The van der Waals surface area contributed by atoms with Crippen molar-refractivity contribution in [3.8, 4) is 11.5 Å². The highest BCUT2D eigenvalue weighted by atomic mass is 35.5. The van der Waals surface area contributed by atoms with Crippen molar-refractivity contribution in [2.24, 2.45) is 0 Å². The molecule has 1 aromatic heterocycles. The Morgan fingerprint density at radius 1 is 1.06 bits per heavy atom. The minimum Gasteiger partial charge on any atom is -0.419 e. The average molecular weight is 497 g/mol. The van der Waals surface area contributed by atoms with Gasteiger partial charge in [0.2, 0.25) is 21.8 Å². The van der Waals surface area contributed by atoms with Gasteiger partial charge in [0.15, 0.2) is 0 Å². The van der Waals surface area contributed by atoms with Crippen LogP contribution in [0.3, 0.4) is 0 Å². The van der Waals surface area contributed by atoms with Crippen molar-refractivity contribution < 1.29 is 17.6 Å². The Kier molecular flexibility index (Phi) is 7.55. The number of rotatable bonds is 8. The lowest BCUT2D eigenvalue weighted by Crippen LogP contribution is -2.32. The van der Waals surface area contributed by atoms with Gasteiger partial charge in [0.25, 0.3) is 5.91 Å². The molecule has 0 aliphatic rings. The first kappa shape index (κ1) is 24.2. The molecule has 0 N–H and O–H groups in total. The molecule has 3 rings (SSSR count). The van der Waals surface area contributed by atoms with E-state index in [0.717, 1.165) is 4.31 Å². The molecule has 0 fully saturated rings. The third-order valence-electron chi connectivity index (χ3n) is 4.61. The molecule has 0 spiro atoms. The number of hydrogen-bond donors (Lipinski definition) is 0. The smallest absolute Gasteiger partial charge is 0.254 e. The van der Waals surface area contributed by atoms with Crippen LogP contribution in [0.25, 0.3) is 11.5 Å². The van der Waals surface area contributed by atoms with Crippen LogP contribution in [0.15, 0.2) is 51.8 Å². The molecular formula is C21H22Cl2N4O4S. The van der Waals surface area contributed by atoms with Crippen molar-refractivity contribution in [1.29, 1.82) is 0 Å². The summed E-state index contributed by atoms with van der Waals surface area (Å²) in [6.45, 7) is 2.39. The number of nitrogens with zero attached hydrogens (tertiary/aromatic N) is 4. The van der Waals surface area contributed by atoms with Crippen molar-refractivity contribution in [2.45, 2.75) is 24.8 Å². The zero-order chi connectivity index (χ0) is 23.5. The van der Waals surface area contributed by atoms with E-state index in [1.165, 1.54) is 37.2 Å². The molecular weight excluding hydrogens is 475 g/mol. The highest BCUT2D eigenvalue weighted by Gasteiger charge is 2.25. The van der Waals surface area contributed by atoms with Gasteiger partial charge in [-0.2, -0.15) is 0 Å². The van der Waals surface area contributed by atoms with Gasteiger partial charge in [-0.05, 0) is 36.8 Å². The Balaban J connectivity index is 1.89. The lowest BCUT2D eigenvalue weighted by molar-refractivity contribution is 0.0728. The quantitative estimate of drug-likeness (QED) is 0.459. The maximum Gasteiger partial charge on any atom is 0.254 e. The number of amides is 1. The molecule has 2 aromatic carbocycles. The predicted octanol–water partition coefficient (Wildman–Crippen LogP) is 4.35. The molecule has 3 aromatic rings. The van der Waals surface area contributed by atoms with Crippen LogP contribution < -0.4 is 0 Å². The van der Waals surface area contributed by atoms with Gasteiger partial charge in [-0.3, -0.25) is 4.79 Å². The molecule has 0 unspecified atom stereocenters. The molecule has 32 heavy (non-hydrogen) atoms. The minimum atomic E-state index is -3.81. The Hall–Kier alpha value is -2.46. The molecule has 0 radical (unpaired) electrons. The number of carbonyl (C=O) groups is 1. The van der Waals surface area contributed by atoms with Crippen molar-refractivity contribution in [1.82, 2.24) is 19.4 Å². The second-order valence-corrected chi connectivity index (χ2v) is 10.1. The van der Waals surface area contributed by atoms with Gasteiger partial charge in [0, 0.05) is 26.2 Å². The predicted molar refractivity (Wildman–Crippen MR) is 122 cm³/mol. The Morgan fingerprint density at radius 2 is 1.78 bits per heavy atom. The number of halogens is 2. The summed E-state index contributed by atoms with van der Waals surface area (Å²) in [4.78, 5) is 14.6. The third kappa shape index (κ3) is 5.12. The molecule has 0 aliphatic heterocycles. The molecule has 0 bridgehead atoms. The van der Waals surface area contributed by atoms with Crippen LogP contribution in [0.4, 0.5) is 0 Å². The maximum atomic E-state index is 13.2. The fraction of sp³-hybridized carbons (Fsp3) is 0.286. The van der Waals surface area contributed by atoms with E-state index in [1.54, 1.807) is 24.3 Å². The number of sulfonamides is 1. The van der Waals surface area contributed by atoms with E-state index < -0.39 is 10.0 Å². The summed E-state index contributed by atoms with van der Waals surface area (Å²) in [5, 5.41) is 8.57. The molecule has 1 heterocycles. The highest BCUT2D eigenvalue weighted by molar-refractivity contribution is 7.89. The monoisotopic (exact) mass is 496 g/mol. The summed E-state index contributed by atoms with van der Waals surface area (Å²) in [7, 11) is -1.02. The van der Waals surface area contributed by atoms with Crippen molar-refractivity contribution in [3.05, 3.63) is 64.0 Å². The van der Waals surface area contributed by atoms with Crippen LogP contribution >= 0.6 is 23.2 Å². The maximum absolute atomic E-state index is 13.2. The summed E-state index contributed by atoms with van der Waals surface area (Å²) in [6, 6.07) is 11.2. The van der Waals surface area contributed by atoms with E-state index in [1.807, 2.05) is 6.92 Å². The van der Waals surface area contributed by atoms with E-state index in [0.29, 0.717) is 23.6 Å². The Labute approximate surface area is 196 Å². The highest BCUT2D eigenvalue weighted by Crippen LogP contribution is 2.28. The van der Waals surface area contributed by atoms with Crippen LogP contribution in [-0.2, 0) is 16.6 Å². The minimum absolute atomic E-state index is 0.0403. The molecule has 0 aliphatic carbocycles. The van der Waals surface area contributed by atoms with E-state index in [9.17, 15) is 13.2 Å². The molecule has 0 atom stereocenters. The van der Waals surface area contributed by atoms with Crippen LogP contribution in [0, 0.1) is 0 Å². The zero-order valence-corrected chi connectivity index (χ0v) is 20.1. The summed E-state index contributed by atoms with van der Waals surface area (Å²) >= 11 is 12.3. The van der Waals surface area contributed by atoms with Crippen LogP contribution in [-0.4, -0.2) is 54.4 Å². The first-order valence-corrected chi connectivity index (χ1v) is 11.9. The Morgan fingerprint density at radius 3 is 2.44 bits per heavy atom. The number of benzene rings is 2.